The molecular formula is C16H22F3N5O2S. The highest BCUT2D eigenvalue weighted by atomic mass is 32.2. The van der Waals surface area contributed by atoms with E-state index in [0.29, 0.717) is 32.6 Å². The molecule has 0 saturated carbocycles. The summed E-state index contributed by atoms with van der Waals surface area (Å²) in [4.78, 5) is 34.5. The molecule has 1 atom stereocenters. The Morgan fingerprint density at radius 2 is 1.93 bits per heavy atom. The van der Waals surface area contributed by atoms with Gasteiger partial charge in [-0.25, -0.2) is 9.97 Å². The average molecular weight is 405 g/mol. The Hall–Kier alpha value is -2.04. The van der Waals surface area contributed by atoms with E-state index < -0.39 is 17.9 Å². The number of nitrogens with zero attached hydrogens (tertiary/aromatic N) is 4. The van der Waals surface area contributed by atoms with Crippen LogP contribution >= 0.6 is 11.8 Å². The standard InChI is InChI=1S/C16H22F3N5O2S/c1-11(25)22-12(3-8-27-2)15(26)24-6-4-23(5-7-24)14-9-13(16(17,18)19)20-10-21-14/h9-10,12H,3-8H2,1-2H3,(H,22,25). The van der Waals surface area contributed by atoms with Gasteiger partial charge < -0.3 is 15.1 Å². The number of amides is 2. The first-order valence-electron chi connectivity index (χ1n) is 8.41. The molecule has 7 nitrogen and oxygen atoms in total. The van der Waals surface area contributed by atoms with Crippen molar-refractivity contribution in [3.63, 3.8) is 0 Å². The van der Waals surface area contributed by atoms with Crippen molar-refractivity contribution >= 4 is 29.4 Å². The summed E-state index contributed by atoms with van der Waals surface area (Å²) < 4.78 is 38.4. The molecule has 2 heterocycles. The van der Waals surface area contributed by atoms with E-state index in [9.17, 15) is 22.8 Å². The van der Waals surface area contributed by atoms with E-state index in [2.05, 4.69) is 15.3 Å². The maximum absolute atomic E-state index is 12.8. The van der Waals surface area contributed by atoms with E-state index >= 15 is 0 Å². The number of halogens is 3. The van der Waals surface area contributed by atoms with E-state index in [1.807, 2.05) is 6.26 Å². The molecular weight excluding hydrogens is 383 g/mol. The van der Waals surface area contributed by atoms with E-state index in [-0.39, 0.29) is 17.6 Å². The molecule has 2 rings (SSSR count). The molecule has 1 aliphatic rings. The van der Waals surface area contributed by atoms with Gasteiger partial charge in [0.1, 0.15) is 23.9 Å². The number of anilines is 1. The lowest BCUT2D eigenvalue weighted by atomic mass is 10.1. The van der Waals surface area contributed by atoms with Crippen LogP contribution in [0.15, 0.2) is 12.4 Å². The fourth-order valence-corrected chi connectivity index (χ4v) is 3.26. The molecule has 0 spiro atoms. The second-order valence-corrected chi connectivity index (χ2v) is 7.09. The lowest BCUT2D eigenvalue weighted by molar-refractivity contribution is -0.141. The van der Waals surface area contributed by atoms with E-state index in [4.69, 9.17) is 0 Å². The first-order valence-corrected chi connectivity index (χ1v) is 9.80. The summed E-state index contributed by atoms with van der Waals surface area (Å²) in [6, 6.07) is 0.327. The maximum atomic E-state index is 12.8. The van der Waals surface area contributed by atoms with Crippen molar-refractivity contribution in [1.82, 2.24) is 20.2 Å². The Kier molecular flexibility index (Phi) is 7.28. The summed E-state index contributed by atoms with van der Waals surface area (Å²) in [5.41, 5.74) is -0.992. The molecule has 2 amide bonds. The molecule has 1 fully saturated rings. The van der Waals surface area contributed by atoms with Gasteiger partial charge in [0, 0.05) is 39.2 Å². The minimum absolute atomic E-state index is 0.169. The van der Waals surface area contributed by atoms with Crippen molar-refractivity contribution in [3.05, 3.63) is 18.1 Å². The second kappa shape index (κ2) is 9.25. The zero-order valence-corrected chi connectivity index (χ0v) is 15.9. The number of nitrogens with one attached hydrogen (secondary N) is 1. The molecule has 150 valence electrons. The van der Waals surface area contributed by atoms with Gasteiger partial charge in [0.2, 0.25) is 11.8 Å². The summed E-state index contributed by atoms with van der Waals surface area (Å²) in [7, 11) is 0. The number of carbonyl (C=O) groups is 2. The predicted molar refractivity (Wildman–Crippen MR) is 96.4 cm³/mol. The molecule has 1 N–H and O–H groups in total. The Bertz CT molecular complexity index is 666. The Balaban J connectivity index is 1.99. The molecule has 1 aliphatic heterocycles. The monoisotopic (exact) mass is 405 g/mol. The minimum atomic E-state index is -4.53. The highest BCUT2D eigenvalue weighted by Gasteiger charge is 2.34. The average Bonchev–Trinajstić information content (AvgIpc) is 2.64. The van der Waals surface area contributed by atoms with Crippen LogP contribution in [0.1, 0.15) is 19.0 Å². The van der Waals surface area contributed by atoms with Crippen LogP contribution in [-0.4, -0.2) is 70.9 Å². The zero-order valence-electron chi connectivity index (χ0n) is 15.1. The number of hydrogen-bond acceptors (Lipinski definition) is 6. The van der Waals surface area contributed by atoms with Gasteiger partial charge in [-0.15, -0.1) is 0 Å². The Morgan fingerprint density at radius 3 is 2.48 bits per heavy atom. The molecule has 0 aromatic carbocycles. The molecule has 1 unspecified atom stereocenters. The first-order chi connectivity index (χ1) is 12.7. The normalized spacial score (nSPS) is 16.2. The van der Waals surface area contributed by atoms with E-state index in [1.165, 1.54) is 6.92 Å². The van der Waals surface area contributed by atoms with E-state index in [1.54, 1.807) is 21.6 Å². The third-order valence-corrected chi connectivity index (χ3v) is 4.79. The van der Waals surface area contributed by atoms with Gasteiger partial charge in [-0.2, -0.15) is 24.9 Å². The van der Waals surface area contributed by atoms with Crippen molar-refractivity contribution in [2.45, 2.75) is 25.6 Å². The third-order valence-electron chi connectivity index (χ3n) is 4.14. The Morgan fingerprint density at radius 1 is 1.26 bits per heavy atom. The molecule has 27 heavy (non-hydrogen) atoms. The fraction of sp³-hybridized carbons (Fsp3) is 0.625. The lowest BCUT2D eigenvalue weighted by Gasteiger charge is -2.37. The van der Waals surface area contributed by atoms with Crippen LogP contribution < -0.4 is 10.2 Å². The predicted octanol–water partition coefficient (Wildman–Crippen LogP) is 1.40. The summed E-state index contributed by atoms with van der Waals surface area (Å²) in [5, 5.41) is 2.68. The first kappa shape index (κ1) is 21.3. The Labute approximate surface area is 159 Å². The SMILES string of the molecule is CSCCC(NC(C)=O)C(=O)N1CCN(c2cc(C(F)(F)F)ncn2)CC1. The molecule has 0 bridgehead atoms. The number of thioether (sulfide) groups is 1. The van der Waals surface area contributed by atoms with Crippen LogP contribution in [-0.2, 0) is 15.8 Å². The minimum Gasteiger partial charge on any atom is -0.353 e. The van der Waals surface area contributed by atoms with Gasteiger partial charge >= 0.3 is 6.18 Å². The molecule has 0 radical (unpaired) electrons. The fourth-order valence-electron chi connectivity index (χ4n) is 2.79. The molecule has 1 aromatic heterocycles. The van der Waals surface area contributed by atoms with Gasteiger partial charge in [-0.05, 0) is 18.4 Å². The van der Waals surface area contributed by atoms with Crippen molar-refractivity contribution in [2.24, 2.45) is 0 Å². The van der Waals surface area contributed by atoms with Crippen LogP contribution in [0.5, 0.6) is 0 Å². The number of carbonyl (C=O) groups excluding carboxylic acids is 2. The summed E-state index contributed by atoms with van der Waals surface area (Å²) in [6.45, 7) is 2.77. The summed E-state index contributed by atoms with van der Waals surface area (Å²) in [5.74, 6) is 0.481. The highest BCUT2D eigenvalue weighted by molar-refractivity contribution is 7.98. The van der Waals surface area contributed by atoms with Gasteiger partial charge in [-0.3, -0.25) is 9.59 Å². The van der Waals surface area contributed by atoms with Crippen LogP contribution in [0, 0.1) is 0 Å². The quantitative estimate of drug-likeness (QED) is 0.771. The number of rotatable bonds is 6. The van der Waals surface area contributed by atoms with E-state index in [0.717, 1.165) is 18.1 Å². The van der Waals surface area contributed by atoms with Gasteiger partial charge in [0.15, 0.2) is 0 Å². The number of hydrogen-bond donors (Lipinski definition) is 1. The number of aromatic nitrogens is 2. The maximum Gasteiger partial charge on any atom is 0.433 e. The topological polar surface area (TPSA) is 78.4 Å². The van der Waals surface area contributed by atoms with Crippen LogP contribution in [0.2, 0.25) is 0 Å². The molecule has 1 saturated heterocycles. The number of alkyl halides is 3. The molecule has 11 heteroatoms. The van der Waals surface area contributed by atoms with Crippen molar-refractivity contribution < 1.29 is 22.8 Å². The smallest absolute Gasteiger partial charge is 0.353 e. The largest absolute Gasteiger partial charge is 0.433 e. The van der Waals surface area contributed by atoms with Crippen LogP contribution in [0.3, 0.4) is 0 Å². The van der Waals surface area contributed by atoms with Crippen LogP contribution in [0.4, 0.5) is 19.0 Å². The lowest BCUT2D eigenvalue weighted by Crippen LogP contribution is -2.55. The molecule has 1 aromatic rings. The summed E-state index contributed by atoms with van der Waals surface area (Å²) >= 11 is 1.59. The van der Waals surface area contributed by atoms with Crippen LogP contribution in [0.25, 0.3) is 0 Å². The van der Waals surface area contributed by atoms with Gasteiger partial charge in [-0.1, -0.05) is 0 Å². The van der Waals surface area contributed by atoms with Crippen molar-refractivity contribution in [2.75, 3.05) is 43.1 Å². The molecule has 0 aliphatic carbocycles. The van der Waals surface area contributed by atoms with Gasteiger partial charge in [0.05, 0.1) is 0 Å². The summed E-state index contributed by atoms with van der Waals surface area (Å²) in [6.07, 6.45) is -1.19. The third kappa shape index (κ3) is 5.98. The highest BCUT2D eigenvalue weighted by Crippen LogP contribution is 2.29. The second-order valence-electron chi connectivity index (χ2n) is 6.11. The zero-order chi connectivity index (χ0) is 20.0. The number of piperazine rings is 1. The van der Waals surface area contributed by atoms with Crippen molar-refractivity contribution in [1.29, 1.82) is 0 Å². The van der Waals surface area contributed by atoms with Crippen molar-refractivity contribution in [3.8, 4) is 0 Å². The van der Waals surface area contributed by atoms with Gasteiger partial charge in [0.25, 0.3) is 0 Å².